The quantitative estimate of drug-likeness (QED) is 0.904. The van der Waals surface area contributed by atoms with Crippen molar-refractivity contribution in [3.05, 3.63) is 35.9 Å². The minimum Gasteiger partial charge on any atom is -0.321 e. The zero-order chi connectivity index (χ0) is 15.8. The third-order valence-electron chi connectivity index (χ3n) is 4.05. The smallest absolute Gasteiger partial charge is 0.241 e. The molecule has 116 valence electrons. The van der Waals surface area contributed by atoms with Crippen LogP contribution in [0.3, 0.4) is 0 Å². The Morgan fingerprint density at radius 3 is 2.05 bits per heavy atom. The Kier molecular flexibility index (Phi) is 4.16. The third kappa shape index (κ3) is 3.46. The van der Waals surface area contributed by atoms with Gasteiger partial charge in [0.2, 0.25) is 5.91 Å². The van der Waals surface area contributed by atoms with E-state index in [1.807, 2.05) is 23.1 Å². The molecule has 21 heavy (non-hydrogen) atoms. The van der Waals surface area contributed by atoms with Gasteiger partial charge in [0, 0.05) is 6.54 Å². The molecule has 0 aromatic heterocycles. The first-order valence-electron chi connectivity index (χ1n) is 7.71. The van der Waals surface area contributed by atoms with Gasteiger partial charge in [0.05, 0.1) is 12.2 Å². The highest BCUT2D eigenvalue weighted by Gasteiger charge is 2.48. The first kappa shape index (κ1) is 16.0. The predicted octanol–water partition coefficient (Wildman–Crippen LogP) is 3.41. The molecular formula is C18H28N2O. The van der Waals surface area contributed by atoms with E-state index in [2.05, 4.69) is 59.0 Å². The molecule has 1 aromatic rings. The first-order valence-corrected chi connectivity index (χ1v) is 7.71. The van der Waals surface area contributed by atoms with Crippen LogP contribution in [0, 0.1) is 10.8 Å². The van der Waals surface area contributed by atoms with Crippen LogP contribution in [0.25, 0.3) is 0 Å². The lowest BCUT2D eigenvalue weighted by atomic mass is 9.86. The van der Waals surface area contributed by atoms with Crippen LogP contribution in [0.15, 0.2) is 30.3 Å². The van der Waals surface area contributed by atoms with E-state index in [-0.39, 0.29) is 28.9 Å². The van der Waals surface area contributed by atoms with Crippen LogP contribution in [0.1, 0.15) is 47.1 Å². The maximum atomic E-state index is 12.9. The number of carbonyl (C=O) groups excluding carboxylic acids is 1. The maximum Gasteiger partial charge on any atom is 0.241 e. The monoisotopic (exact) mass is 288 g/mol. The van der Waals surface area contributed by atoms with Crippen LogP contribution < -0.4 is 5.32 Å². The molecule has 1 fully saturated rings. The summed E-state index contributed by atoms with van der Waals surface area (Å²) in [5.74, 6) is 0.214. The van der Waals surface area contributed by atoms with Crippen molar-refractivity contribution in [1.82, 2.24) is 10.2 Å². The summed E-state index contributed by atoms with van der Waals surface area (Å²) in [7, 11) is 0. The lowest BCUT2D eigenvalue weighted by Gasteiger charge is -2.34. The zero-order valence-electron chi connectivity index (χ0n) is 14.1. The molecule has 0 saturated carbocycles. The van der Waals surface area contributed by atoms with Gasteiger partial charge in [-0.05, 0) is 16.4 Å². The highest BCUT2D eigenvalue weighted by Crippen LogP contribution is 2.34. The average molecular weight is 288 g/mol. The molecule has 1 heterocycles. The van der Waals surface area contributed by atoms with E-state index in [1.54, 1.807) is 0 Å². The molecule has 2 rings (SSSR count). The molecule has 1 amide bonds. The van der Waals surface area contributed by atoms with Crippen LogP contribution in [0.2, 0.25) is 0 Å². The van der Waals surface area contributed by atoms with Crippen molar-refractivity contribution in [3.8, 4) is 0 Å². The Hall–Kier alpha value is -1.35. The van der Waals surface area contributed by atoms with Crippen molar-refractivity contribution < 1.29 is 4.79 Å². The van der Waals surface area contributed by atoms with Crippen molar-refractivity contribution in [1.29, 1.82) is 0 Å². The normalized spacial score (nSPS) is 23.7. The van der Waals surface area contributed by atoms with E-state index in [4.69, 9.17) is 0 Å². The molecule has 0 unspecified atom stereocenters. The summed E-state index contributed by atoms with van der Waals surface area (Å²) < 4.78 is 0. The average Bonchev–Trinajstić information content (AvgIpc) is 2.68. The summed E-state index contributed by atoms with van der Waals surface area (Å²) in [5.41, 5.74) is 1.10. The van der Waals surface area contributed by atoms with Crippen molar-refractivity contribution in [2.45, 2.75) is 60.3 Å². The molecule has 3 nitrogen and oxygen atoms in total. The van der Waals surface area contributed by atoms with Gasteiger partial charge in [-0.2, -0.15) is 0 Å². The largest absolute Gasteiger partial charge is 0.321 e. The molecule has 1 aromatic carbocycles. The molecule has 0 aliphatic carbocycles. The molecule has 1 N–H and O–H groups in total. The molecule has 1 aliphatic heterocycles. The van der Waals surface area contributed by atoms with Crippen LogP contribution in [0.4, 0.5) is 0 Å². The van der Waals surface area contributed by atoms with Crippen molar-refractivity contribution in [3.63, 3.8) is 0 Å². The number of benzene rings is 1. The van der Waals surface area contributed by atoms with Crippen LogP contribution in [-0.2, 0) is 11.3 Å². The topological polar surface area (TPSA) is 32.3 Å². The van der Waals surface area contributed by atoms with Gasteiger partial charge < -0.3 is 4.90 Å². The number of carbonyl (C=O) groups is 1. The third-order valence-corrected chi connectivity index (χ3v) is 4.05. The fraction of sp³-hybridized carbons (Fsp3) is 0.611. The molecule has 1 aliphatic rings. The van der Waals surface area contributed by atoms with Gasteiger partial charge >= 0.3 is 0 Å². The zero-order valence-corrected chi connectivity index (χ0v) is 14.1. The second-order valence-electron chi connectivity index (χ2n) is 8.19. The number of rotatable bonds is 2. The molecular weight excluding hydrogens is 260 g/mol. The standard InChI is InChI=1S/C18H28N2O/c1-17(2,3)14-15(21)20(16(19-14)18(4,5)6)12-13-10-8-7-9-11-13/h7-11,14,16,19H,12H2,1-6H3/t14-,16-/m1/s1. The van der Waals surface area contributed by atoms with Gasteiger partial charge in [0.25, 0.3) is 0 Å². The SMILES string of the molecule is CC(C)(C)[C@@H]1N[C@@H](C(C)(C)C)N(Cc2ccccc2)C1=O. The highest BCUT2D eigenvalue weighted by molar-refractivity contribution is 5.85. The predicted molar refractivity (Wildman–Crippen MR) is 86.6 cm³/mol. The molecule has 3 heteroatoms. The highest BCUT2D eigenvalue weighted by atomic mass is 16.2. The summed E-state index contributed by atoms with van der Waals surface area (Å²) in [6.07, 6.45) is 0.0643. The molecule has 0 spiro atoms. The molecule has 0 bridgehead atoms. The van der Waals surface area contributed by atoms with Crippen molar-refractivity contribution in [2.24, 2.45) is 10.8 Å². The number of hydrogen-bond donors (Lipinski definition) is 1. The van der Waals surface area contributed by atoms with Gasteiger partial charge in [-0.15, -0.1) is 0 Å². The summed E-state index contributed by atoms with van der Waals surface area (Å²) in [6.45, 7) is 13.6. The number of amides is 1. The van der Waals surface area contributed by atoms with Gasteiger partial charge in [-0.3, -0.25) is 10.1 Å². The second kappa shape index (κ2) is 5.45. The van der Waals surface area contributed by atoms with Crippen LogP contribution in [-0.4, -0.2) is 23.0 Å². The van der Waals surface area contributed by atoms with E-state index in [9.17, 15) is 4.79 Å². The Labute approximate surface area is 128 Å². The van der Waals surface area contributed by atoms with Crippen LogP contribution >= 0.6 is 0 Å². The van der Waals surface area contributed by atoms with Gasteiger partial charge in [-0.1, -0.05) is 71.9 Å². The minimum atomic E-state index is -0.120. The lowest BCUT2D eigenvalue weighted by molar-refractivity contribution is -0.133. The Balaban J connectivity index is 2.29. The van der Waals surface area contributed by atoms with E-state index < -0.39 is 0 Å². The lowest BCUT2D eigenvalue weighted by Crippen LogP contribution is -2.47. The van der Waals surface area contributed by atoms with Crippen LogP contribution in [0.5, 0.6) is 0 Å². The number of nitrogens with zero attached hydrogens (tertiary/aromatic N) is 1. The van der Waals surface area contributed by atoms with Crippen molar-refractivity contribution in [2.75, 3.05) is 0 Å². The van der Waals surface area contributed by atoms with E-state index >= 15 is 0 Å². The summed E-state index contributed by atoms with van der Waals surface area (Å²) in [5, 5.41) is 3.57. The molecule has 1 saturated heterocycles. The fourth-order valence-corrected chi connectivity index (χ4v) is 2.90. The Bertz CT molecular complexity index is 496. The van der Waals surface area contributed by atoms with Crippen molar-refractivity contribution >= 4 is 5.91 Å². The molecule has 0 radical (unpaired) electrons. The number of hydrogen-bond acceptors (Lipinski definition) is 2. The van der Waals surface area contributed by atoms with Gasteiger partial charge in [0.1, 0.15) is 0 Å². The fourth-order valence-electron chi connectivity index (χ4n) is 2.90. The van der Waals surface area contributed by atoms with E-state index in [0.29, 0.717) is 6.54 Å². The summed E-state index contributed by atoms with van der Waals surface area (Å²) in [6, 6.07) is 10.1. The van der Waals surface area contributed by atoms with Gasteiger partial charge in [-0.25, -0.2) is 0 Å². The maximum absolute atomic E-state index is 12.9. The van der Waals surface area contributed by atoms with E-state index in [1.165, 1.54) is 5.56 Å². The number of nitrogens with one attached hydrogen (secondary N) is 1. The Morgan fingerprint density at radius 2 is 1.57 bits per heavy atom. The first-order chi connectivity index (χ1) is 9.60. The minimum absolute atomic E-state index is 0.00441. The Morgan fingerprint density at radius 1 is 1.00 bits per heavy atom. The molecule has 2 atom stereocenters. The summed E-state index contributed by atoms with van der Waals surface area (Å²) in [4.78, 5) is 14.9. The van der Waals surface area contributed by atoms with Gasteiger partial charge in [0.15, 0.2) is 0 Å². The van der Waals surface area contributed by atoms with E-state index in [0.717, 1.165) is 0 Å². The summed E-state index contributed by atoms with van der Waals surface area (Å²) >= 11 is 0. The second-order valence-corrected chi connectivity index (χ2v) is 8.19.